The number of fused-ring (bicyclic) bond motifs is 2. The van der Waals surface area contributed by atoms with Gasteiger partial charge in [0.05, 0.1) is 16.7 Å². The first kappa shape index (κ1) is 18.8. The van der Waals surface area contributed by atoms with Gasteiger partial charge in [-0.2, -0.15) is 0 Å². The molecule has 3 heteroatoms. The molecule has 0 fully saturated rings. The summed E-state index contributed by atoms with van der Waals surface area (Å²) < 4.78 is 26.8. The van der Waals surface area contributed by atoms with Gasteiger partial charge < -0.3 is 0 Å². The van der Waals surface area contributed by atoms with E-state index in [0.29, 0.717) is 5.56 Å². The second kappa shape index (κ2) is 8.88. The summed E-state index contributed by atoms with van der Waals surface area (Å²) in [5.41, 5.74) is 8.76. The van der Waals surface area contributed by atoms with E-state index in [2.05, 4.69) is 82.7 Å². The SMILES string of the molecule is [2H]C([2H])([2H])c1ccc2c(-c3nc4ccccc4n3-c3c(-c4ccccc4)cccc3-c3ccccc3)csc2c1. The van der Waals surface area contributed by atoms with Crippen LogP contribution in [0.1, 0.15) is 9.68 Å². The Morgan fingerprint density at radius 1 is 0.676 bits per heavy atom. The number of hydrogen-bond acceptors (Lipinski definition) is 2. The molecule has 0 radical (unpaired) electrons. The topological polar surface area (TPSA) is 17.8 Å². The van der Waals surface area contributed by atoms with Gasteiger partial charge in [-0.1, -0.05) is 103 Å². The van der Waals surface area contributed by atoms with Crippen LogP contribution in [0.25, 0.3) is 60.4 Å². The molecule has 5 aromatic carbocycles. The molecule has 0 N–H and O–H groups in total. The van der Waals surface area contributed by atoms with Crippen LogP contribution in [0.4, 0.5) is 0 Å². The minimum atomic E-state index is -2.15. The van der Waals surface area contributed by atoms with Gasteiger partial charge in [-0.3, -0.25) is 4.57 Å². The second-order valence-electron chi connectivity index (χ2n) is 9.05. The van der Waals surface area contributed by atoms with Gasteiger partial charge in [-0.05, 0) is 41.7 Å². The van der Waals surface area contributed by atoms with E-state index in [9.17, 15) is 0 Å². The third-order valence-corrected chi connectivity index (χ3v) is 7.75. The molecule has 0 aliphatic carbocycles. The monoisotopic (exact) mass is 495 g/mol. The maximum atomic E-state index is 7.87. The number of imidazole rings is 1. The summed E-state index contributed by atoms with van der Waals surface area (Å²) in [6, 6.07) is 41.0. The highest BCUT2D eigenvalue weighted by molar-refractivity contribution is 7.17. The molecule has 0 unspecified atom stereocenters. The van der Waals surface area contributed by atoms with Crippen molar-refractivity contribution in [3.63, 3.8) is 0 Å². The fourth-order valence-corrected chi connectivity index (χ4v) is 6.10. The van der Waals surface area contributed by atoms with Crippen molar-refractivity contribution in [1.82, 2.24) is 9.55 Å². The standard InChI is InChI=1S/C34H24N2S/c1-23-19-20-28-29(22-37-32(28)21-23)34-35-30-17-8-9-18-31(30)36(34)33-26(24-11-4-2-5-12-24)15-10-16-27(33)25-13-6-3-7-14-25/h2-22H,1H3/i1D3. The van der Waals surface area contributed by atoms with Gasteiger partial charge in [0.25, 0.3) is 0 Å². The lowest BCUT2D eigenvalue weighted by atomic mass is 9.95. The molecule has 0 spiro atoms. The molecule has 0 aliphatic rings. The molecule has 0 saturated heterocycles. The molecule has 0 amide bonds. The highest BCUT2D eigenvalue weighted by atomic mass is 32.1. The quantitative estimate of drug-likeness (QED) is 0.238. The van der Waals surface area contributed by atoms with Crippen LogP contribution in [0, 0.1) is 6.85 Å². The number of aryl methyl sites for hydroxylation is 1. The third kappa shape index (κ3) is 3.67. The molecule has 0 atom stereocenters. The molecule has 2 aromatic heterocycles. The van der Waals surface area contributed by atoms with Gasteiger partial charge in [0, 0.05) is 36.3 Å². The number of benzene rings is 5. The summed E-state index contributed by atoms with van der Waals surface area (Å²) in [4.78, 5) is 5.18. The van der Waals surface area contributed by atoms with Crippen molar-refractivity contribution in [2.75, 3.05) is 0 Å². The van der Waals surface area contributed by atoms with Gasteiger partial charge in [0.1, 0.15) is 5.82 Å². The Morgan fingerprint density at radius 2 is 1.35 bits per heavy atom. The van der Waals surface area contributed by atoms with Crippen LogP contribution < -0.4 is 0 Å². The molecular formula is C34H24N2S. The zero-order chi connectivity index (χ0) is 27.3. The highest BCUT2D eigenvalue weighted by Gasteiger charge is 2.22. The van der Waals surface area contributed by atoms with Crippen LogP contribution in [0.2, 0.25) is 0 Å². The van der Waals surface area contributed by atoms with E-state index < -0.39 is 6.85 Å². The number of para-hydroxylation sites is 3. The fourth-order valence-electron chi connectivity index (χ4n) is 5.12. The minimum Gasteiger partial charge on any atom is -0.291 e. The summed E-state index contributed by atoms with van der Waals surface area (Å²) >= 11 is 1.55. The Labute approximate surface area is 224 Å². The summed E-state index contributed by atoms with van der Waals surface area (Å²) in [7, 11) is 0. The molecule has 0 bridgehead atoms. The molecule has 0 aliphatic heterocycles. The van der Waals surface area contributed by atoms with Crippen LogP contribution in [-0.4, -0.2) is 9.55 Å². The van der Waals surface area contributed by atoms with Crippen molar-refractivity contribution in [1.29, 1.82) is 0 Å². The lowest BCUT2D eigenvalue weighted by Gasteiger charge is -2.19. The fraction of sp³-hybridized carbons (Fsp3) is 0.0294. The van der Waals surface area contributed by atoms with Crippen molar-refractivity contribution in [2.24, 2.45) is 0 Å². The van der Waals surface area contributed by atoms with Gasteiger partial charge in [0.15, 0.2) is 0 Å². The van der Waals surface area contributed by atoms with E-state index in [1.807, 2.05) is 36.4 Å². The molecule has 176 valence electrons. The van der Waals surface area contributed by atoms with Crippen molar-refractivity contribution in [3.8, 4) is 39.3 Å². The van der Waals surface area contributed by atoms with E-state index in [1.54, 1.807) is 23.5 Å². The Bertz CT molecular complexity index is 1930. The van der Waals surface area contributed by atoms with Crippen molar-refractivity contribution in [2.45, 2.75) is 6.85 Å². The Morgan fingerprint density at radius 3 is 2.05 bits per heavy atom. The lowest BCUT2D eigenvalue weighted by molar-refractivity contribution is 1.11. The Balaban J connectivity index is 1.58. The number of hydrogen-bond donors (Lipinski definition) is 0. The number of aromatic nitrogens is 2. The maximum Gasteiger partial charge on any atom is 0.147 e. The van der Waals surface area contributed by atoms with Crippen LogP contribution in [0.5, 0.6) is 0 Å². The van der Waals surface area contributed by atoms with Gasteiger partial charge >= 0.3 is 0 Å². The van der Waals surface area contributed by atoms with Crippen molar-refractivity contribution >= 4 is 32.5 Å². The second-order valence-corrected chi connectivity index (χ2v) is 9.96. The molecule has 7 rings (SSSR count). The van der Waals surface area contributed by atoms with Crippen molar-refractivity contribution < 1.29 is 4.11 Å². The molecule has 2 nitrogen and oxygen atoms in total. The van der Waals surface area contributed by atoms with Crippen LogP contribution in [0.3, 0.4) is 0 Å². The van der Waals surface area contributed by atoms with Crippen LogP contribution in [-0.2, 0) is 0 Å². The summed E-state index contributed by atoms with van der Waals surface area (Å²) in [6.45, 7) is -2.15. The molecule has 37 heavy (non-hydrogen) atoms. The van der Waals surface area contributed by atoms with Crippen LogP contribution in [0.15, 0.2) is 127 Å². The number of nitrogens with zero attached hydrogens (tertiary/aromatic N) is 2. The van der Waals surface area contributed by atoms with Gasteiger partial charge in [0.2, 0.25) is 0 Å². The Hall–Kier alpha value is -4.47. The van der Waals surface area contributed by atoms with E-state index in [4.69, 9.17) is 9.10 Å². The molecular weight excluding hydrogens is 468 g/mol. The van der Waals surface area contributed by atoms with E-state index in [1.165, 1.54) is 0 Å². The van der Waals surface area contributed by atoms with E-state index >= 15 is 0 Å². The summed E-state index contributed by atoms with van der Waals surface area (Å²) in [5, 5.41) is 3.09. The van der Waals surface area contributed by atoms with E-state index in [0.717, 1.165) is 60.4 Å². The average molecular weight is 496 g/mol. The molecule has 2 heterocycles. The summed E-state index contributed by atoms with van der Waals surface area (Å²) in [5.74, 6) is 0.828. The van der Waals surface area contributed by atoms with Crippen LogP contribution >= 0.6 is 11.3 Å². The smallest absolute Gasteiger partial charge is 0.147 e. The van der Waals surface area contributed by atoms with Crippen molar-refractivity contribution in [3.05, 3.63) is 132 Å². The van der Waals surface area contributed by atoms with E-state index in [-0.39, 0.29) is 0 Å². The maximum absolute atomic E-state index is 7.87. The largest absolute Gasteiger partial charge is 0.291 e. The zero-order valence-electron chi connectivity index (χ0n) is 22.9. The Kier molecular flexibility index (Phi) is 4.50. The first-order valence-corrected chi connectivity index (χ1v) is 13.1. The number of thiophene rings is 1. The minimum absolute atomic E-state index is 0.350. The first-order valence-electron chi connectivity index (χ1n) is 13.7. The molecule has 7 aromatic rings. The lowest BCUT2D eigenvalue weighted by Crippen LogP contribution is -2.03. The first-order chi connectivity index (χ1) is 19.5. The number of rotatable bonds is 4. The summed E-state index contributed by atoms with van der Waals surface area (Å²) in [6.07, 6.45) is 0. The highest BCUT2D eigenvalue weighted by Crippen LogP contribution is 2.42. The predicted octanol–water partition coefficient (Wildman–Crippen LogP) is 9.55. The molecule has 0 saturated carbocycles. The average Bonchev–Trinajstić information content (AvgIpc) is 3.58. The third-order valence-electron chi connectivity index (χ3n) is 6.81. The van der Waals surface area contributed by atoms with Gasteiger partial charge in [-0.25, -0.2) is 4.98 Å². The zero-order valence-corrected chi connectivity index (χ0v) is 20.7. The predicted molar refractivity (Wildman–Crippen MR) is 157 cm³/mol. The van der Waals surface area contributed by atoms with Gasteiger partial charge in [-0.15, -0.1) is 11.3 Å². The normalized spacial score (nSPS) is 12.9.